The second-order valence-electron chi connectivity index (χ2n) is 11.6. The van der Waals surface area contributed by atoms with Gasteiger partial charge in [0.15, 0.2) is 40.2 Å². The fraction of sp³-hybridized carbons (Fsp3) is 0.424. The number of aliphatic hydroxyl groups is 4. The van der Waals surface area contributed by atoms with Gasteiger partial charge in [0, 0.05) is 31.4 Å². The van der Waals surface area contributed by atoms with Crippen LogP contribution >= 0.6 is 0 Å². The van der Waals surface area contributed by atoms with Crippen LogP contribution in [0.3, 0.4) is 0 Å². The SMILES string of the molecule is NCCOc1ccc(C=CC(=O)CO[C@]2(C(=O)O)C[C@@H](O)[C@@H](O)[C@H]3O[C@H](C(=O)C=Cc4cc(O)c(O)cc4CO)[C@@H](CO)C[C@H]32)cc1O. The van der Waals surface area contributed by atoms with E-state index in [0.717, 1.165) is 24.3 Å². The second-order valence-corrected chi connectivity index (χ2v) is 11.6. The number of fused-ring (bicyclic) bond motifs is 1. The van der Waals surface area contributed by atoms with E-state index in [0.29, 0.717) is 5.56 Å². The normalized spacial score (nSPS) is 27.2. The molecule has 1 saturated heterocycles. The van der Waals surface area contributed by atoms with Crippen molar-refractivity contribution in [2.24, 2.45) is 17.6 Å². The number of phenols is 3. The molecule has 48 heavy (non-hydrogen) atoms. The van der Waals surface area contributed by atoms with E-state index in [4.69, 9.17) is 19.9 Å². The lowest BCUT2D eigenvalue weighted by atomic mass is 9.65. The van der Waals surface area contributed by atoms with Crippen LogP contribution < -0.4 is 10.5 Å². The van der Waals surface area contributed by atoms with Crippen LogP contribution in [0.1, 0.15) is 29.5 Å². The van der Waals surface area contributed by atoms with Gasteiger partial charge in [0.2, 0.25) is 0 Å². The van der Waals surface area contributed by atoms with E-state index in [1.165, 1.54) is 24.3 Å². The smallest absolute Gasteiger partial charge is 0.336 e. The molecule has 0 unspecified atom stereocenters. The highest BCUT2D eigenvalue weighted by atomic mass is 16.5. The van der Waals surface area contributed by atoms with Gasteiger partial charge in [0.05, 0.1) is 18.8 Å². The van der Waals surface area contributed by atoms with Crippen molar-refractivity contribution in [2.45, 2.75) is 49.5 Å². The molecule has 2 aromatic carbocycles. The Balaban J connectivity index is 1.52. The molecule has 0 amide bonds. The number of phenolic OH excluding ortho intramolecular Hbond substituents is 3. The Morgan fingerprint density at radius 1 is 1.00 bits per heavy atom. The zero-order valence-electron chi connectivity index (χ0n) is 25.7. The number of carboxylic acids is 1. The molecule has 2 aliphatic rings. The van der Waals surface area contributed by atoms with Crippen LogP contribution in [0.25, 0.3) is 12.2 Å². The summed E-state index contributed by atoms with van der Waals surface area (Å²) >= 11 is 0. The van der Waals surface area contributed by atoms with Crippen molar-refractivity contribution in [3.05, 3.63) is 59.2 Å². The number of carbonyl (C=O) groups excluding carboxylic acids is 2. The summed E-state index contributed by atoms with van der Waals surface area (Å²) in [7, 11) is 0. The minimum atomic E-state index is -2.25. The Labute approximate surface area is 274 Å². The predicted molar refractivity (Wildman–Crippen MR) is 167 cm³/mol. The van der Waals surface area contributed by atoms with Gasteiger partial charge in [-0.1, -0.05) is 18.2 Å². The maximum Gasteiger partial charge on any atom is 0.336 e. The van der Waals surface area contributed by atoms with Crippen molar-refractivity contribution in [1.82, 2.24) is 0 Å². The van der Waals surface area contributed by atoms with Crippen LogP contribution in [0.2, 0.25) is 0 Å². The lowest BCUT2D eigenvalue weighted by Crippen LogP contribution is -2.68. The first-order valence-electron chi connectivity index (χ1n) is 15.1. The van der Waals surface area contributed by atoms with E-state index in [9.17, 15) is 55.2 Å². The van der Waals surface area contributed by atoms with E-state index >= 15 is 0 Å². The van der Waals surface area contributed by atoms with Crippen molar-refractivity contribution < 1.29 is 69.4 Å². The number of ether oxygens (including phenoxy) is 3. The number of aromatic hydroxyl groups is 3. The number of carbonyl (C=O) groups is 3. The van der Waals surface area contributed by atoms with E-state index in [-0.39, 0.29) is 42.2 Å². The van der Waals surface area contributed by atoms with Gasteiger partial charge < -0.3 is 60.8 Å². The summed E-state index contributed by atoms with van der Waals surface area (Å²) < 4.78 is 16.9. The first-order chi connectivity index (χ1) is 22.8. The summed E-state index contributed by atoms with van der Waals surface area (Å²) in [5.74, 6) is -6.06. The van der Waals surface area contributed by atoms with Crippen LogP contribution in [-0.4, -0.2) is 115 Å². The van der Waals surface area contributed by atoms with Crippen molar-refractivity contribution >= 4 is 29.7 Å². The number of carboxylic acid groups (broad SMARTS) is 1. The number of hydrogen-bond donors (Lipinski definition) is 9. The lowest BCUT2D eigenvalue weighted by molar-refractivity contribution is -0.260. The quantitative estimate of drug-likeness (QED) is 0.0932. The van der Waals surface area contributed by atoms with Crippen LogP contribution in [0.4, 0.5) is 0 Å². The third-order valence-electron chi connectivity index (χ3n) is 8.53. The van der Waals surface area contributed by atoms with E-state index in [1.54, 1.807) is 6.07 Å². The highest BCUT2D eigenvalue weighted by molar-refractivity contribution is 5.97. The summed E-state index contributed by atoms with van der Waals surface area (Å²) in [4.78, 5) is 38.8. The zero-order chi connectivity index (χ0) is 35.2. The molecule has 1 saturated carbocycles. The molecule has 7 atom stereocenters. The Morgan fingerprint density at radius 3 is 2.38 bits per heavy atom. The summed E-state index contributed by atoms with van der Waals surface area (Å²) in [5.41, 5.74) is 3.97. The summed E-state index contributed by atoms with van der Waals surface area (Å²) in [6.45, 7) is -1.47. The minimum Gasteiger partial charge on any atom is -0.504 e. The Kier molecular flexibility index (Phi) is 11.9. The first-order valence-corrected chi connectivity index (χ1v) is 15.1. The molecule has 0 bridgehead atoms. The average molecular weight is 674 g/mol. The number of nitrogens with two attached hydrogens (primary N) is 1. The van der Waals surface area contributed by atoms with E-state index in [1.807, 2.05) is 0 Å². The Morgan fingerprint density at radius 2 is 1.73 bits per heavy atom. The maximum atomic E-state index is 13.3. The van der Waals surface area contributed by atoms with Gasteiger partial charge in [0.25, 0.3) is 0 Å². The fourth-order valence-corrected chi connectivity index (χ4v) is 6.04. The standard InChI is InChI=1S/C33H39NO14/c34-7-8-46-28-6-2-17(9-26(28)41)1-4-21(37)16-47-33(32(44)45)13-27(42)29(43)31-22(33)10-20(15-36)30(48-31)23(38)5-3-18-11-24(39)25(40)12-19(18)14-35/h1-6,9,11-12,20,22,27,29-31,35-36,39-43H,7-8,10,13-16,34H2,(H,44,45)/t20-,22-,27-,29-,30+,31+,33-/m1/s1. The molecule has 2 aromatic rings. The molecule has 1 aliphatic carbocycles. The molecule has 4 rings (SSSR count). The minimum absolute atomic E-state index is 0.183. The summed E-state index contributed by atoms with van der Waals surface area (Å²) in [6.07, 6.45) is -2.20. The number of hydrogen-bond acceptors (Lipinski definition) is 14. The summed E-state index contributed by atoms with van der Waals surface area (Å²) in [5, 5.41) is 81.3. The molecule has 0 aromatic heterocycles. The number of aliphatic hydroxyl groups excluding tert-OH is 4. The van der Waals surface area contributed by atoms with Gasteiger partial charge in [-0.05, 0) is 59.5 Å². The number of aliphatic carboxylic acids is 1. The molecule has 15 nitrogen and oxygen atoms in total. The van der Waals surface area contributed by atoms with Gasteiger partial charge in [-0.15, -0.1) is 0 Å². The molecule has 0 radical (unpaired) electrons. The van der Waals surface area contributed by atoms with Crippen LogP contribution in [0.15, 0.2) is 42.5 Å². The molecule has 260 valence electrons. The van der Waals surface area contributed by atoms with Crippen LogP contribution in [0.5, 0.6) is 23.0 Å². The van der Waals surface area contributed by atoms with Gasteiger partial charge in [-0.25, -0.2) is 4.79 Å². The topological polar surface area (TPSA) is 267 Å². The lowest BCUT2D eigenvalue weighted by Gasteiger charge is -2.53. The maximum absolute atomic E-state index is 13.3. The van der Waals surface area contributed by atoms with Gasteiger partial charge in [-0.2, -0.15) is 0 Å². The highest BCUT2D eigenvalue weighted by Crippen LogP contribution is 2.47. The third-order valence-corrected chi connectivity index (χ3v) is 8.53. The fourth-order valence-electron chi connectivity index (χ4n) is 6.04. The number of ketones is 2. The zero-order valence-corrected chi connectivity index (χ0v) is 25.7. The molecule has 1 aliphatic heterocycles. The van der Waals surface area contributed by atoms with E-state index in [2.05, 4.69) is 0 Å². The second kappa shape index (κ2) is 15.7. The number of rotatable bonds is 14. The average Bonchev–Trinajstić information content (AvgIpc) is 3.07. The monoisotopic (exact) mass is 673 g/mol. The van der Waals surface area contributed by atoms with Gasteiger partial charge >= 0.3 is 5.97 Å². The van der Waals surface area contributed by atoms with Gasteiger partial charge in [0.1, 0.15) is 25.4 Å². The van der Waals surface area contributed by atoms with Crippen molar-refractivity contribution in [1.29, 1.82) is 0 Å². The highest BCUT2D eigenvalue weighted by Gasteiger charge is 2.62. The van der Waals surface area contributed by atoms with Crippen molar-refractivity contribution in [2.75, 3.05) is 26.4 Å². The molecule has 1 heterocycles. The molecular formula is C33H39NO14. The van der Waals surface area contributed by atoms with Crippen molar-refractivity contribution in [3.8, 4) is 23.0 Å². The first kappa shape index (κ1) is 36.5. The Bertz CT molecular complexity index is 1560. The molecular weight excluding hydrogens is 634 g/mol. The van der Waals surface area contributed by atoms with Crippen molar-refractivity contribution in [3.63, 3.8) is 0 Å². The molecule has 0 spiro atoms. The van der Waals surface area contributed by atoms with Gasteiger partial charge in [-0.3, -0.25) is 9.59 Å². The third kappa shape index (κ3) is 7.85. The number of benzene rings is 2. The van der Waals surface area contributed by atoms with E-state index < -0.39 is 97.1 Å². The van der Waals surface area contributed by atoms with Crippen LogP contribution in [0, 0.1) is 11.8 Å². The van der Waals surface area contributed by atoms with Crippen LogP contribution in [-0.2, 0) is 30.5 Å². The summed E-state index contributed by atoms with van der Waals surface area (Å²) in [6, 6.07) is 6.65. The molecule has 15 heteroatoms. The predicted octanol–water partition coefficient (Wildman–Crippen LogP) is -0.154. The molecule has 2 fully saturated rings. The molecule has 10 N–H and O–H groups in total. The Hall–Kier alpha value is -4.35. The largest absolute Gasteiger partial charge is 0.504 e.